The van der Waals surface area contributed by atoms with E-state index >= 15 is 0 Å². The fourth-order valence-corrected chi connectivity index (χ4v) is 2.71. The van der Waals surface area contributed by atoms with Crippen molar-refractivity contribution in [3.8, 4) is 0 Å². The zero-order chi connectivity index (χ0) is 13.4. The molecule has 1 aliphatic heterocycles. The van der Waals surface area contributed by atoms with Crippen LogP contribution in [0, 0.1) is 10.1 Å². The third kappa shape index (κ3) is 2.14. The molecule has 0 saturated carbocycles. The van der Waals surface area contributed by atoms with Gasteiger partial charge in [-0.1, -0.05) is 0 Å². The van der Waals surface area contributed by atoms with E-state index in [9.17, 15) is 10.1 Å². The second-order valence-corrected chi connectivity index (χ2v) is 5.01. The number of piperidine rings is 1. The molecule has 3 rings (SSSR count). The van der Waals surface area contributed by atoms with E-state index in [1.54, 1.807) is 10.7 Å². The highest BCUT2D eigenvalue weighted by Crippen LogP contribution is 2.34. The summed E-state index contributed by atoms with van der Waals surface area (Å²) in [5.41, 5.74) is 1.56. The van der Waals surface area contributed by atoms with Gasteiger partial charge in [-0.15, -0.1) is 0 Å². The zero-order valence-corrected chi connectivity index (χ0v) is 10.9. The Balaban J connectivity index is 2.13. The van der Waals surface area contributed by atoms with E-state index in [2.05, 4.69) is 10.00 Å². The number of nitro benzene ring substituents is 1. The van der Waals surface area contributed by atoms with Crippen LogP contribution in [0.5, 0.6) is 0 Å². The van der Waals surface area contributed by atoms with Gasteiger partial charge >= 0.3 is 0 Å². The summed E-state index contributed by atoms with van der Waals surface area (Å²) in [6, 6.07) is 3.48. The smallest absolute Gasteiger partial charge is 0.294 e. The average molecular weight is 260 g/mol. The maximum atomic E-state index is 11.3. The van der Waals surface area contributed by atoms with Gasteiger partial charge in [-0.25, -0.2) is 0 Å². The molecule has 1 fully saturated rings. The molecule has 2 heterocycles. The van der Waals surface area contributed by atoms with Crippen LogP contribution >= 0.6 is 0 Å². The minimum atomic E-state index is -0.307. The lowest BCUT2D eigenvalue weighted by Crippen LogP contribution is -2.29. The summed E-state index contributed by atoms with van der Waals surface area (Å²) in [5.74, 6) is 0. The van der Waals surface area contributed by atoms with E-state index in [0.717, 1.165) is 37.0 Å². The summed E-state index contributed by atoms with van der Waals surface area (Å²) < 4.78 is 1.69. The molecular formula is C13H16N4O2. The Kier molecular flexibility index (Phi) is 2.85. The van der Waals surface area contributed by atoms with E-state index in [0.29, 0.717) is 5.52 Å². The fraction of sp³-hybridized carbons (Fsp3) is 0.462. The van der Waals surface area contributed by atoms with Gasteiger partial charge in [0, 0.05) is 37.8 Å². The molecule has 19 heavy (non-hydrogen) atoms. The number of hydrogen-bond acceptors (Lipinski definition) is 4. The Morgan fingerprint density at radius 1 is 1.26 bits per heavy atom. The molecule has 0 amide bonds. The summed E-state index contributed by atoms with van der Waals surface area (Å²) in [6.07, 6.45) is 5.30. The van der Waals surface area contributed by atoms with Gasteiger partial charge < -0.3 is 4.90 Å². The van der Waals surface area contributed by atoms with Gasteiger partial charge in [0.15, 0.2) is 0 Å². The Labute approximate surface area is 110 Å². The third-order valence-corrected chi connectivity index (χ3v) is 3.61. The lowest BCUT2D eigenvalue weighted by atomic mass is 10.1. The Morgan fingerprint density at radius 3 is 2.68 bits per heavy atom. The van der Waals surface area contributed by atoms with Crippen LogP contribution < -0.4 is 4.90 Å². The molecule has 0 atom stereocenters. The predicted octanol–water partition coefficient (Wildman–Crippen LogP) is 2.47. The molecule has 0 N–H and O–H groups in total. The number of nitrogens with zero attached hydrogens (tertiary/aromatic N) is 4. The van der Waals surface area contributed by atoms with Crippen LogP contribution in [-0.2, 0) is 7.05 Å². The van der Waals surface area contributed by atoms with Crippen molar-refractivity contribution in [2.45, 2.75) is 19.3 Å². The Morgan fingerprint density at radius 2 is 2.00 bits per heavy atom. The highest BCUT2D eigenvalue weighted by molar-refractivity contribution is 5.87. The molecule has 1 aromatic heterocycles. The van der Waals surface area contributed by atoms with Gasteiger partial charge in [0.1, 0.15) is 5.69 Å². The molecule has 2 aromatic rings. The number of anilines is 1. The summed E-state index contributed by atoms with van der Waals surface area (Å²) in [5, 5.41) is 16.4. The lowest BCUT2D eigenvalue weighted by molar-refractivity contribution is -0.384. The van der Waals surface area contributed by atoms with Crippen LogP contribution in [-0.4, -0.2) is 27.8 Å². The molecule has 6 nitrogen and oxygen atoms in total. The molecule has 6 heteroatoms. The molecule has 1 aromatic carbocycles. The monoisotopic (exact) mass is 260 g/mol. The first kappa shape index (κ1) is 12.0. The number of nitro groups is 1. The summed E-state index contributed by atoms with van der Waals surface area (Å²) in [7, 11) is 1.83. The molecular weight excluding hydrogens is 244 g/mol. The number of hydrogen-bond donors (Lipinski definition) is 0. The minimum Gasteiger partial charge on any atom is -0.366 e. The zero-order valence-electron chi connectivity index (χ0n) is 10.9. The minimum absolute atomic E-state index is 0.160. The van der Waals surface area contributed by atoms with Crippen LogP contribution in [0.1, 0.15) is 19.3 Å². The number of aryl methyl sites for hydroxylation is 1. The molecule has 0 aliphatic carbocycles. The topological polar surface area (TPSA) is 64.2 Å². The quantitative estimate of drug-likeness (QED) is 0.614. The third-order valence-electron chi connectivity index (χ3n) is 3.61. The van der Waals surface area contributed by atoms with E-state index in [4.69, 9.17) is 0 Å². The molecule has 100 valence electrons. The fourth-order valence-electron chi connectivity index (χ4n) is 2.71. The highest BCUT2D eigenvalue weighted by Gasteiger charge is 2.22. The van der Waals surface area contributed by atoms with Crippen LogP contribution in [0.25, 0.3) is 10.9 Å². The van der Waals surface area contributed by atoms with Crippen molar-refractivity contribution in [3.63, 3.8) is 0 Å². The van der Waals surface area contributed by atoms with Crippen LogP contribution in [0.3, 0.4) is 0 Å². The van der Waals surface area contributed by atoms with Crippen molar-refractivity contribution in [3.05, 3.63) is 28.4 Å². The lowest BCUT2D eigenvalue weighted by Gasteiger charge is -2.28. The van der Waals surface area contributed by atoms with Crippen molar-refractivity contribution in [2.24, 2.45) is 7.05 Å². The summed E-state index contributed by atoms with van der Waals surface area (Å²) in [4.78, 5) is 13.1. The standard InChI is InChI=1S/C13H16N4O2/c1-15-9-10-7-12(16-5-3-2-4-6-16)13(17(18)19)8-11(10)14-15/h7-9H,2-6H2,1H3. The molecule has 1 aliphatic rings. The molecule has 1 saturated heterocycles. The predicted molar refractivity (Wildman–Crippen MR) is 73.4 cm³/mol. The van der Waals surface area contributed by atoms with E-state index in [1.807, 2.05) is 19.3 Å². The first-order valence-corrected chi connectivity index (χ1v) is 6.52. The molecule has 0 spiro atoms. The van der Waals surface area contributed by atoms with Gasteiger partial charge in [0.2, 0.25) is 0 Å². The first-order valence-electron chi connectivity index (χ1n) is 6.52. The number of benzene rings is 1. The molecule has 0 radical (unpaired) electrons. The number of aromatic nitrogens is 2. The first-order chi connectivity index (χ1) is 9.15. The van der Waals surface area contributed by atoms with Crippen molar-refractivity contribution in [2.75, 3.05) is 18.0 Å². The molecule has 0 bridgehead atoms. The maximum Gasteiger partial charge on any atom is 0.294 e. The summed E-state index contributed by atoms with van der Waals surface area (Å²) >= 11 is 0. The highest BCUT2D eigenvalue weighted by atomic mass is 16.6. The van der Waals surface area contributed by atoms with Crippen molar-refractivity contribution >= 4 is 22.3 Å². The Hall–Kier alpha value is -2.11. The van der Waals surface area contributed by atoms with E-state index in [-0.39, 0.29) is 10.6 Å². The van der Waals surface area contributed by atoms with Crippen LogP contribution in [0.4, 0.5) is 11.4 Å². The van der Waals surface area contributed by atoms with Gasteiger partial charge in [-0.3, -0.25) is 14.8 Å². The average Bonchev–Trinajstić information content (AvgIpc) is 2.77. The second kappa shape index (κ2) is 4.53. The number of rotatable bonds is 2. The second-order valence-electron chi connectivity index (χ2n) is 5.01. The van der Waals surface area contributed by atoms with Crippen molar-refractivity contribution in [1.82, 2.24) is 9.78 Å². The van der Waals surface area contributed by atoms with E-state index in [1.165, 1.54) is 6.42 Å². The summed E-state index contributed by atoms with van der Waals surface area (Å²) in [6.45, 7) is 1.79. The molecule has 0 unspecified atom stereocenters. The number of fused-ring (bicyclic) bond motifs is 1. The maximum absolute atomic E-state index is 11.3. The van der Waals surface area contributed by atoms with Crippen molar-refractivity contribution < 1.29 is 4.92 Å². The largest absolute Gasteiger partial charge is 0.366 e. The Bertz CT molecular complexity index is 629. The van der Waals surface area contributed by atoms with E-state index < -0.39 is 0 Å². The van der Waals surface area contributed by atoms with Gasteiger partial charge in [-0.05, 0) is 25.3 Å². The van der Waals surface area contributed by atoms with Gasteiger partial charge in [-0.2, -0.15) is 5.10 Å². The van der Waals surface area contributed by atoms with Crippen LogP contribution in [0.15, 0.2) is 18.3 Å². The normalized spacial score (nSPS) is 15.9. The SMILES string of the molecule is Cn1cc2cc(N3CCCCC3)c([N+](=O)[O-])cc2n1. The van der Waals surface area contributed by atoms with Gasteiger partial charge in [0.25, 0.3) is 5.69 Å². The van der Waals surface area contributed by atoms with Crippen molar-refractivity contribution in [1.29, 1.82) is 0 Å². The van der Waals surface area contributed by atoms with Crippen LogP contribution in [0.2, 0.25) is 0 Å². The van der Waals surface area contributed by atoms with Gasteiger partial charge in [0.05, 0.1) is 10.4 Å².